The number of nitrogens with zero attached hydrogens (tertiary/aromatic N) is 1. The van der Waals surface area contributed by atoms with E-state index >= 15 is 0 Å². The number of carbonyl (C=O) groups excluding carboxylic acids is 2. The molecule has 0 unspecified atom stereocenters. The second kappa shape index (κ2) is 9.58. The Morgan fingerprint density at radius 3 is 2.11 bits per heavy atom. The van der Waals surface area contributed by atoms with Crippen molar-refractivity contribution >= 4 is 50.0 Å². The van der Waals surface area contributed by atoms with Crippen LogP contribution in [0.3, 0.4) is 0 Å². The maximum Gasteiger partial charge on any atom is 0.240 e. The van der Waals surface area contributed by atoms with Gasteiger partial charge in [0.1, 0.15) is 28.5 Å². The number of carbonyl (C=O) groups is 2. The third-order valence-electron chi connectivity index (χ3n) is 6.04. The largest absolute Gasteiger partial charge is 0.495 e. The number of rotatable bonds is 7. The van der Waals surface area contributed by atoms with Crippen molar-refractivity contribution < 1.29 is 23.5 Å². The first-order valence-electron chi connectivity index (χ1n) is 11.2. The van der Waals surface area contributed by atoms with Crippen molar-refractivity contribution in [3.63, 3.8) is 0 Å². The number of methoxy groups -OCH3 is 1. The van der Waals surface area contributed by atoms with Crippen LogP contribution in [0.15, 0.2) is 77.4 Å². The van der Waals surface area contributed by atoms with E-state index in [0.29, 0.717) is 41.5 Å². The monoisotopic (exact) mass is 549 g/mol. The summed E-state index contributed by atoms with van der Waals surface area (Å²) in [6.45, 7) is 0. The molecule has 1 aliphatic carbocycles. The average molecular weight is 550 g/mol. The Morgan fingerprint density at radius 1 is 0.917 bits per heavy atom. The highest BCUT2D eigenvalue weighted by Gasteiger charge is 2.56. The molecule has 1 fully saturated rings. The first-order chi connectivity index (χ1) is 17.4. The number of benzene rings is 3. The Labute approximate surface area is 214 Å². The molecule has 36 heavy (non-hydrogen) atoms. The van der Waals surface area contributed by atoms with Crippen molar-refractivity contribution in [1.29, 1.82) is 0 Å². The fourth-order valence-corrected chi connectivity index (χ4v) is 4.32. The number of amides is 2. The van der Waals surface area contributed by atoms with Gasteiger partial charge in [-0.1, -0.05) is 0 Å². The lowest BCUT2D eigenvalue weighted by Crippen LogP contribution is -2.35. The zero-order valence-electron chi connectivity index (χ0n) is 19.2. The van der Waals surface area contributed by atoms with E-state index in [2.05, 4.69) is 31.5 Å². The maximum absolute atomic E-state index is 13.1. The van der Waals surface area contributed by atoms with Gasteiger partial charge in [-0.05, 0) is 89.4 Å². The quantitative estimate of drug-likeness (QED) is 0.264. The molecular weight excluding hydrogens is 529 g/mol. The second-order valence-corrected chi connectivity index (χ2v) is 9.29. The Kier molecular flexibility index (Phi) is 6.32. The summed E-state index contributed by atoms with van der Waals surface area (Å²) in [5.74, 6) is 0.683. The smallest absolute Gasteiger partial charge is 0.240 e. The van der Waals surface area contributed by atoms with Crippen molar-refractivity contribution in [2.75, 3.05) is 17.7 Å². The number of aromatic nitrogens is 1. The number of fused-ring (bicyclic) bond motifs is 1. The van der Waals surface area contributed by atoms with Crippen LogP contribution in [-0.2, 0) is 9.59 Å². The van der Waals surface area contributed by atoms with Crippen molar-refractivity contribution in [2.24, 2.45) is 5.41 Å². The topological polar surface area (TPSA) is 89.6 Å². The number of ether oxygens (including phenoxy) is 2. The molecule has 0 atom stereocenters. The molecule has 2 amide bonds. The minimum Gasteiger partial charge on any atom is -0.495 e. The van der Waals surface area contributed by atoms with Crippen LogP contribution < -0.4 is 20.1 Å². The number of hydrogen-bond donors (Lipinski definition) is 2. The number of pyridine rings is 1. The summed E-state index contributed by atoms with van der Waals surface area (Å²) in [6, 6.07) is 17.8. The highest BCUT2D eigenvalue weighted by Crippen LogP contribution is 2.47. The molecule has 0 bridgehead atoms. The predicted octanol–water partition coefficient (Wildman–Crippen LogP) is 6.29. The third kappa shape index (κ3) is 4.74. The summed E-state index contributed by atoms with van der Waals surface area (Å²) in [4.78, 5) is 30.0. The molecule has 3 aromatic carbocycles. The molecule has 2 N–H and O–H groups in total. The highest BCUT2D eigenvalue weighted by atomic mass is 79.9. The van der Waals surface area contributed by atoms with E-state index in [0.717, 1.165) is 15.4 Å². The fraction of sp³-hybridized carbons (Fsp3) is 0.148. The standard InChI is InChI=1S/C27H21BrFN3O4/c1-35-24-15-22-20(14-21(24)28)23(10-13-30-22)36-19-8-6-18(7-9-19)32-26(34)27(11-12-27)25(33)31-17-4-2-16(29)3-5-17/h2-10,13-15H,11-12H2,1H3,(H,31,33)(H,32,34). The van der Waals surface area contributed by atoms with Gasteiger partial charge < -0.3 is 20.1 Å². The number of hydrogen-bond acceptors (Lipinski definition) is 5. The zero-order valence-corrected chi connectivity index (χ0v) is 20.8. The van der Waals surface area contributed by atoms with E-state index in [1.807, 2.05) is 12.1 Å². The molecule has 0 aliphatic heterocycles. The van der Waals surface area contributed by atoms with Gasteiger partial charge in [0.15, 0.2) is 0 Å². The third-order valence-corrected chi connectivity index (χ3v) is 6.66. The summed E-state index contributed by atoms with van der Waals surface area (Å²) >= 11 is 3.49. The van der Waals surface area contributed by atoms with Gasteiger partial charge in [-0.2, -0.15) is 0 Å². The minimum absolute atomic E-state index is 0.380. The number of nitrogens with one attached hydrogen (secondary N) is 2. The zero-order chi connectivity index (χ0) is 25.3. The molecule has 7 nitrogen and oxygen atoms in total. The summed E-state index contributed by atoms with van der Waals surface area (Å²) in [5, 5.41) is 6.32. The van der Waals surface area contributed by atoms with Gasteiger partial charge in [0.2, 0.25) is 11.8 Å². The van der Waals surface area contributed by atoms with Gasteiger partial charge in [0.25, 0.3) is 0 Å². The van der Waals surface area contributed by atoms with Crippen LogP contribution in [0, 0.1) is 11.2 Å². The van der Waals surface area contributed by atoms with E-state index in [1.54, 1.807) is 43.6 Å². The van der Waals surface area contributed by atoms with Gasteiger partial charge in [0, 0.05) is 29.0 Å². The molecule has 0 spiro atoms. The molecule has 1 aromatic heterocycles. The van der Waals surface area contributed by atoms with E-state index in [4.69, 9.17) is 9.47 Å². The fourth-order valence-electron chi connectivity index (χ4n) is 3.82. The molecule has 1 saturated carbocycles. The van der Waals surface area contributed by atoms with Crippen molar-refractivity contribution in [1.82, 2.24) is 4.98 Å². The first kappa shape index (κ1) is 23.7. The van der Waals surface area contributed by atoms with E-state index < -0.39 is 17.1 Å². The number of halogens is 2. The van der Waals surface area contributed by atoms with Gasteiger partial charge >= 0.3 is 0 Å². The van der Waals surface area contributed by atoms with Crippen LogP contribution >= 0.6 is 15.9 Å². The summed E-state index contributed by atoms with van der Waals surface area (Å²) in [6.07, 6.45) is 2.55. The van der Waals surface area contributed by atoms with E-state index in [9.17, 15) is 14.0 Å². The lowest BCUT2D eigenvalue weighted by atomic mass is 10.0. The summed E-state index contributed by atoms with van der Waals surface area (Å²) in [5.41, 5.74) is 0.579. The Morgan fingerprint density at radius 2 is 1.53 bits per heavy atom. The molecule has 0 saturated heterocycles. The van der Waals surface area contributed by atoms with Gasteiger partial charge in [-0.3, -0.25) is 14.6 Å². The van der Waals surface area contributed by atoms with Crippen LogP contribution in [0.25, 0.3) is 10.9 Å². The van der Waals surface area contributed by atoms with E-state index in [-0.39, 0.29) is 5.91 Å². The van der Waals surface area contributed by atoms with Crippen LogP contribution in [0.1, 0.15) is 12.8 Å². The lowest BCUT2D eigenvalue weighted by Gasteiger charge is -2.16. The predicted molar refractivity (Wildman–Crippen MR) is 138 cm³/mol. The molecular formula is C27H21BrFN3O4. The summed E-state index contributed by atoms with van der Waals surface area (Å²) in [7, 11) is 1.59. The maximum atomic E-state index is 13.1. The first-order valence-corrected chi connectivity index (χ1v) is 12.0. The Hall–Kier alpha value is -3.98. The molecule has 1 aliphatic rings. The van der Waals surface area contributed by atoms with Gasteiger partial charge in [0.05, 0.1) is 17.1 Å². The number of anilines is 2. The highest BCUT2D eigenvalue weighted by molar-refractivity contribution is 9.10. The molecule has 4 aromatic rings. The molecule has 5 rings (SSSR count). The molecule has 0 radical (unpaired) electrons. The van der Waals surface area contributed by atoms with Crippen LogP contribution in [0.4, 0.5) is 15.8 Å². The van der Waals surface area contributed by atoms with Crippen molar-refractivity contribution in [2.45, 2.75) is 12.8 Å². The molecule has 9 heteroatoms. The van der Waals surface area contributed by atoms with Crippen LogP contribution in [0.2, 0.25) is 0 Å². The van der Waals surface area contributed by atoms with Crippen LogP contribution in [0.5, 0.6) is 17.2 Å². The molecule has 1 heterocycles. The van der Waals surface area contributed by atoms with Gasteiger partial charge in [-0.25, -0.2) is 4.39 Å². The van der Waals surface area contributed by atoms with E-state index in [1.165, 1.54) is 24.3 Å². The normalized spacial score (nSPS) is 13.6. The van der Waals surface area contributed by atoms with Crippen molar-refractivity contribution in [3.8, 4) is 17.2 Å². The van der Waals surface area contributed by atoms with Crippen molar-refractivity contribution in [3.05, 3.63) is 83.2 Å². The SMILES string of the molecule is COc1cc2nccc(Oc3ccc(NC(=O)C4(C(=O)Nc5ccc(F)cc5)CC4)cc3)c2cc1Br. The van der Waals surface area contributed by atoms with Crippen LogP contribution in [-0.4, -0.2) is 23.9 Å². The Bertz CT molecular complexity index is 1450. The minimum atomic E-state index is -1.13. The lowest BCUT2D eigenvalue weighted by molar-refractivity contribution is -0.131. The Balaban J connectivity index is 1.26. The molecule has 182 valence electrons. The summed E-state index contributed by atoms with van der Waals surface area (Å²) < 4.78 is 25.3. The van der Waals surface area contributed by atoms with Gasteiger partial charge in [-0.15, -0.1) is 0 Å². The average Bonchev–Trinajstić information content (AvgIpc) is 3.69. The second-order valence-electron chi connectivity index (χ2n) is 8.44.